The number of carboxylic acid groups (broad SMARTS) is 1. The normalized spacial score (nSPS) is 7.55. The van der Waals surface area contributed by atoms with Crippen molar-refractivity contribution in [1.29, 1.82) is 0 Å². The number of aliphatic carboxylic acids is 1. The molecule has 6 heteroatoms. The fourth-order valence-corrected chi connectivity index (χ4v) is 0.880. The van der Waals surface area contributed by atoms with Crippen LogP contribution in [0.2, 0.25) is 0 Å². The zero-order valence-electron chi connectivity index (χ0n) is 13.6. The average Bonchev–Trinajstić information content (AvgIpc) is 2.31. The summed E-state index contributed by atoms with van der Waals surface area (Å²) in [6, 6.07) is 0. The summed E-state index contributed by atoms with van der Waals surface area (Å²) in [7, 11) is 0. The Morgan fingerprint density at radius 2 is 1.05 bits per heavy atom. The molecule has 0 aromatic carbocycles. The molecule has 0 saturated heterocycles. The van der Waals surface area contributed by atoms with Crippen molar-refractivity contribution in [3.05, 3.63) is 0 Å². The van der Waals surface area contributed by atoms with Crippen LogP contribution in [-0.2, 0) is 26.5 Å². The van der Waals surface area contributed by atoms with Crippen LogP contribution in [0.1, 0.15) is 66.2 Å². The van der Waals surface area contributed by atoms with E-state index in [4.69, 9.17) is 20.4 Å². The molecule has 20 heavy (non-hydrogen) atoms. The Morgan fingerprint density at radius 1 is 0.750 bits per heavy atom. The third-order valence-corrected chi connectivity index (χ3v) is 1.49. The molecular formula is C14H34O5Ti. The second kappa shape index (κ2) is 42.7. The number of carbonyl (C=O) groups is 1. The minimum absolute atomic E-state index is 0. The van der Waals surface area contributed by atoms with Crippen molar-refractivity contribution < 1.29 is 46.9 Å². The van der Waals surface area contributed by atoms with E-state index in [1.165, 1.54) is 19.3 Å². The minimum atomic E-state index is -0.670. The fraction of sp³-hybridized carbons (Fsp3) is 0.929. The first-order valence-corrected chi connectivity index (χ1v) is 7.06. The molecule has 0 atom stereocenters. The molecule has 0 aromatic heterocycles. The van der Waals surface area contributed by atoms with E-state index in [0.29, 0.717) is 6.42 Å². The first kappa shape index (κ1) is 32.1. The van der Waals surface area contributed by atoms with Crippen molar-refractivity contribution in [2.45, 2.75) is 66.2 Å². The van der Waals surface area contributed by atoms with Crippen LogP contribution in [0.3, 0.4) is 0 Å². The Bertz CT molecular complexity index is 130. The molecule has 0 spiro atoms. The van der Waals surface area contributed by atoms with E-state index >= 15 is 0 Å². The molecule has 0 fully saturated rings. The molecule has 0 unspecified atom stereocenters. The molecule has 0 saturated carbocycles. The van der Waals surface area contributed by atoms with Gasteiger partial charge in [-0.2, -0.15) is 0 Å². The van der Waals surface area contributed by atoms with E-state index < -0.39 is 5.97 Å². The molecule has 124 valence electrons. The predicted molar refractivity (Wildman–Crippen MR) is 79.3 cm³/mol. The molecule has 0 bridgehead atoms. The first-order valence-electron chi connectivity index (χ1n) is 7.06. The van der Waals surface area contributed by atoms with Crippen LogP contribution in [0.25, 0.3) is 0 Å². The third kappa shape index (κ3) is 105. The Morgan fingerprint density at radius 3 is 1.30 bits per heavy atom. The zero-order chi connectivity index (χ0) is 15.9. The van der Waals surface area contributed by atoms with Gasteiger partial charge < -0.3 is 20.4 Å². The molecule has 0 aliphatic heterocycles. The van der Waals surface area contributed by atoms with Gasteiger partial charge in [0.25, 0.3) is 0 Å². The SMILES string of the molecule is CCCCCCCC(=O)O.CCO.CCO.CCO.[Ti]. The largest absolute Gasteiger partial charge is 0.481 e. The van der Waals surface area contributed by atoms with E-state index in [1.54, 1.807) is 20.8 Å². The minimum Gasteiger partial charge on any atom is -0.481 e. The van der Waals surface area contributed by atoms with Gasteiger partial charge in [0.15, 0.2) is 0 Å². The van der Waals surface area contributed by atoms with Crippen molar-refractivity contribution in [1.82, 2.24) is 0 Å². The van der Waals surface area contributed by atoms with Crippen molar-refractivity contribution >= 4 is 5.97 Å². The maximum atomic E-state index is 10.0. The van der Waals surface area contributed by atoms with Crippen LogP contribution in [0.4, 0.5) is 0 Å². The monoisotopic (exact) mass is 330 g/mol. The van der Waals surface area contributed by atoms with Crippen LogP contribution in [0.5, 0.6) is 0 Å². The van der Waals surface area contributed by atoms with Crippen LogP contribution in [0.15, 0.2) is 0 Å². The van der Waals surface area contributed by atoms with Gasteiger partial charge in [0.05, 0.1) is 0 Å². The summed E-state index contributed by atoms with van der Waals surface area (Å²) in [6.07, 6.45) is 5.88. The van der Waals surface area contributed by atoms with Crippen LogP contribution < -0.4 is 0 Å². The number of hydrogen-bond donors (Lipinski definition) is 4. The smallest absolute Gasteiger partial charge is 0.303 e. The summed E-state index contributed by atoms with van der Waals surface area (Å²) in [5.41, 5.74) is 0. The van der Waals surface area contributed by atoms with Gasteiger partial charge in [0.1, 0.15) is 0 Å². The Balaban J connectivity index is -0.0000000626. The molecule has 0 heterocycles. The molecule has 0 rings (SSSR count). The van der Waals surface area contributed by atoms with Gasteiger partial charge in [-0.1, -0.05) is 32.6 Å². The van der Waals surface area contributed by atoms with Crippen LogP contribution in [0, 0.1) is 0 Å². The number of aliphatic hydroxyl groups is 3. The van der Waals surface area contributed by atoms with E-state index in [9.17, 15) is 4.79 Å². The van der Waals surface area contributed by atoms with E-state index in [2.05, 4.69) is 6.92 Å². The number of hydrogen-bond acceptors (Lipinski definition) is 4. The zero-order valence-corrected chi connectivity index (χ0v) is 15.1. The van der Waals surface area contributed by atoms with E-state index in [0.717, 1.165) is 12.8 Å². The van der Waals surface area contributed by atoms with Crippen molar-refractivity contribution in [3.8, 4) is 0 Å². The summed E-state index contributed by atoms with van der Waals surface area (Å²) in [6.45, 7) is 7.94. The Labute approximate surface area is 139 Å². The summed E-state index contributed by atoms with van der Waals surface area (Å²) in [4.78, 5) is 10.0. The number of unbranched alkanes of at least 4 members (excludes halogenated alkanes) is 4. The van der Waals surface area contributed by atoms with Gasteiger partial charge in [-0.05, 0) is 27.2 Å². The van der Waals surface area contributed by atoms with Gasteiger partial charge in [0.2, 0.25) is 0 Å². The van der Waals surface area contributed by atoms with Crippen LogP contribution >= 0.6 is 0 Å². The van der Waals surface area contributed by atoms with Gasteiger partial charge in [-0.3, -0.25) is 4.79 Å². The summed E-state index contributed by atoms with van der Waals surface area (Å²) in [5.74, 6) is -0.670. The molecule has 4 N–H and O–H groups in total. The number of carboxylic acids is 1. The maximum absolute atomic E-state index is 10.0. The predicted octanol–water partition coefficient (Wildman–Crippen LogP) is 2.42. The standard InChI is InChI=1S/C8H16O2.3C2H6O.Ti/c1-2-3-4-5-6-7-8(9)10;3*1-2-3;/h2-7H2,1H3,(H,9,10);3*3H,2H2,1H3;. The van der Waals surface area contributed by atoms with Gasteiger partial charge >= 0.3 is 5.97 Å². The molecule has 0 aliphatic rings. The molecule has 0 aromatic rings. The summed E-state index contributed by atoms with van der Waals surface area (Å²) >= 11 is 0. The summed E-state index contributed by atoms with van der Waals surface area (Å²) < 4.78 is 0. The van der Waals surface area contributed by atoms with E-state index in [1.807, 2.05) is 0 Å². The Kier molecular flexibility index (Phi) is 68.7. The van der Waals surface area contributed by atoms with E-state index in [-0.39, 0.29) is 41.5 Å². The average molecular weight is 330 g/mol. The van der Waals surface area contributed by atoms with Crippen molar-refractivity contribution in [2.24, 2.45) is 0 Å². The first-order chi connectivity index (χ1) is 9.01. The topological polar surface area (TPSA) is 98.0 Å². The van der Waals surface area contributed by atoms with Gasteiger partial charge in [-0.15, -0.1) is 0 Å². The summed E-state index contributed by atoms with van der Waals surface area (Å²) in [5, 5.41) is 31.0. The quantitative estimate of drug-likeness (QED) is 0.443. The third-order valence-electron chi connectivity index (χ3n) is 1.49. The van der Waals surface area contributed by atoms with Gasteiger partial charge in [-0.25, -0.2) is 0 Å². The second-order valence-electron chi connectivity index (χ2n) is 3.51. The van der Waals surface area contributed by atoms with Crippen LogP contribution in [-0.4, -0.2) is 46.2 Å². The molecule has 0 aliphatic carbocycles. The number of rotatable bonds is 6. The molecule has 0 amide bonds. The second-order valence-corrected chi connectivity index (χ2v) is 3.51. The fourth-order valence-electron chi connectivity index (χ4n) is 0.880. The number of aliphatic hydroxyl groups excluding tert-OH is 3. The molecule has 0 radical (unpaired) electrons. The van der Waals surface area contributed by atoms with Crippen molar-refractivity contribution in [3.63, 3.8) is 0 Å². The van der Waals surface area contributed by atoms with Gasteiger partial charge in [0, 0.05) is 48.0 Å². The molecule has 5 nitrogen and oxygen atoms in total. The Hall–Kier alpha value is 0.0643. The maximum Gasteiger partial charge on any atom is 0.303 e. The van der Waals surface area contributed by atoms with Crippen molar-refractivity contribution in [2.75, 3.05) is 19.8 Å². The molecular weight excluding hydrogens is 296 g/mol.